The summed E-state index contributed by atoms with van der Waals surface area (Å²) in [5.74, 6) is -0.129. The predicted molar refractivity (Wildman–Crippen MR) is 81.4 cm³/mol. The smallest absolute Gasteiger partial charge is 0.253 e. The fourth-order valence-corrected chi connectivity index (χ4v) is 4.56. The lowest BCUT2D eigenvalue weighted by Crippen LogP contribution is -2.37. The van der Waals surface area contributed by atoms with Gasteiger partial charge in [-0.05, 0) is 24.3 Å². The quantitative estimate of drug-likeness (QED) is 0.762. The maximum absolute atomic E-state index is 12.0. The summed E-state index contributed by atoms with van der Waals surface area (Å²) >= 11 is 16.6. The third kappa shape index (κ3) is 3.21. The summed E-state index contributed by atoms with van der Waals surface area (Å²) in [6, 6.07) is 1.62. The minimum absolute atomic E-state index is 0.129. The summed E-state index contributed by atoms with van der Waals surface area (Å²) in [6.07, 6.45) is 4.81. The molecule has 1 aromatic rings. The number of nitrogens with one attached hydrogen (secondary N) is 1. The van der Waals surface area contributed by atoms with Crippen molar-refractivity contribution in [2.24, 2.45) is 5.41 Å². The first-order valence-electron chi connectivity index (χ1n) is 5.85. The number of halogens is 3. The van der Waals surface area contributed by atoms with Crippen LogP contribution in [0.5, 0.6) is 0 Å². The van der Waals surface area contributed by atoms with Crippen LogP contribution in [0.25, 0.3) is 0 Å². The Kier molecular flexibility index (Phi) is 4.98. The fraction of sp³-hybridized carbons (Fsp3) is 0.583. The number of rotatable bonds is 4. The van der Waals surface area contributed by atoms with Crippen LogP contribution in [0.1, 0.15) is 36.0 Å². The van der Waals surface area contributed by atoms with Crippen molar-refractivity contribution in [2.45, 2.75) is 25.7 Å². The summed E-state index contributed by atoms with van der Waals surface area (Å²) in [6.45, 7) is 0.695. The summed E-state index contributed by atoms with van der Waals surface area (Å²) in [7, 11) is 0. The second-order valence-corrected chi connectivity index (χ2v) is 7.61. The van der Waals surface area contributed by atoms with Crippen molar-refractivity contribution in [1.82, 2.24) is 5.32 Å². The van der Waals surface area contributed by atoms with Crippen molar-refractivity contribution in [2.75, 3.05) is 11.9 Å². The largest absolute Gasteiger partial charge is 0.351 e. The molecule has 0 aliphatic heterocycles. The molecule has 0 saturated heterocycles. The number of carbonyl (C=O) groups is 1. The third-order valence-electron chi connectivity index (χ3n) is 3.47. The van der Waals surface area contributed by atoms with E-state index in [9.17, 15) is 4.79 Å². The molecule has 0 unspecified atom stereocenters. The molecule has 1 aromatic heterocycles. The van der Waals surface area contributed by atoms with Crippen LogP contribution >= 0.6 is 50.5 Å². The van der Waals surface area contributed by atoms with Gasteiger partial charge in [0.25, 0.3) is 5.91 Å². The molecule has 1 heterocycles. The molecule has 1 N–H and O–H groups in total. The molecular formula is C12H14BrCl2NOS. The first kappa shape index (κ1) is 14.6. The highest BCUT2D eigenvalue weighted by Crippen LogP contribution is 2.39. The van der Waals surface area contributed by atoms with Gasteiger partial charge in [-0.2, -0.15) is 0 Å². The Balaban J connectivity index is 1.98. The molecule has 6 heteroatoms. The zero-order chi connectivity index (χ0) is 13.2. The molecule has 2 rings (SSSR count). The van der Waals surface area contributed by atoms with Crippen LogP contribution in [0.2, 0.25) is 8.67 Å². The summed E-state index contributed by atoms with van der Waals surface area (Å²) in [5.41, 5.74) is 0.691. The van der Waals surface area contributed by atoms with Gasteiger partial charge in [0.05, 0.1) is 9.90 Å². The van der Waals surface area contributed by atoms with E-state index in [4.69, 9.17) is 23.2 Å². The topological polar surface area (TPSA) is 29.1 Å². The van der Waals surface area contributed by atoms with Crippen LogP contribution < -0.4 is 5.32 Å². The Morgan fingerprint density at radius 1 is 1.44 bits per heavy atom. The lowest BCUT2D eigenvalue weighted by atomic mass is 9.89. The Hall–Kier alpha value is 0.230. The van der Waals surface area contributed by atoms with E-state index in [1.807, 2.05) is 0 Å². The second-order valence-electron chi connectivity index (χ2n) is 4.76. The van der Waals surface area contributed by atoms with Crippen molar-refractivity contribution < 1.29 is 4.79 Å². The van der Waals surface area contributed by atoms with Gasteiger partial charge in [-0.1, -0.05) is 52.0 Å². The van der Waals surface area contributed by atoms with E-state index >= 15 is 0 Å². The molecule has 1 fully saturated rings. The van der Waals surface area contributed by atoms with Crippen molar-refractivity contribution in [1.29, 1.82) is 0 Å². The van der Waals surface area contributed by atoms with Crippen LogP contribution in [0.3, 0.4) is 0 Å². The molecule has 1 amide bonds. The lowest BCUT2D eigenvalue weighted by Gasteiger charge is -2.26. The van der Waals surface area contributed by atoms with E-state index in [-0.39, 0.29) is 11.3 Å². The molecule has 0 atom stereocenters. The molecule has 1 aliphatic carbocycles. The highest BCUT2D eigenvalue weighted by atomic mass is 79.9. The Bertz CT molecular complexity index is 443. The van der Waals surface area contributed by atoms with Gasteiger partial charge < -0.3 is 5.32 Å². The van der Waals surface area contributed by atoms with E-state index in [2.05, 4.69) is 21.2 Å². The van der Waals surface area contributed by atoms with Gasteiger partial charge in [0.1, 0.15) is 4.34 Å². The van der Waals surface area contributed by atoms with Crippen LogP contribution in [0.4, 0.5) is 0 Å². The van der Waals surface area contributed by atoms with Gasteiger partial charge in [-0.15, -0.1) is 11.3 Å². The summed E-state index contributed by atoms with van der Waals surface area (Å²) < 4.78 is 0.998. The minimum atomic E-state index is -0.129. The maximum Gasteiger partial charge on any atom is 0.253 e. The van der Waals surface area contributed by atoms with E-state index in [0.29, 0.717) is 20.8 Å². The Labute approximate surface area is 129 Å². The highest BCUT2D eigenvalue weighted by Gasteiger charge is 2.33. The summed E-state index contributed by atoms with van der Waals surface area (Å²) in [4.78, 5) is 12.0. The van der Waals surface area contributed by atoms with Gasteiger partial charge >= 0.3 is 0 Å². The van der Waals surface area contributed by atoms with Gasteiger partial charge in [0.15, 0.2) is 0 Å². The summed E-state index contributed by atoms with van der Waals surface area (Å²) in [5, 5.41) is 3.91. The van der Waals surface area contributed by atoms with Gasteiger partial charge in [-0.25, -0.2) is 0 Å². The standard InChI is InChI=1S/C12H14BrCl2NOS/c13-6-12(3-1-2-4-12)7-16-11(17)8-5-9(14)18-10(8)15/h5H,1-4,6-7H2,(H,16,17). The molecular weight excluding hydrogens is 357 g/mol. The van der Waals surface area contributed by atoms with Crippen molar-refractivity contribution in [3.8, 4) is 0 Å². The van der Waals surface area contributed by atoms with Gasteiger partial charge in [-0.3, -0.25) is 4.79 Å². The van der Waals surface area contributed by atoms with Crippen LogP contribution in [0, 0.1) is 5.41 Å². The van der Waals surface area contributed by atoms with Gasteiger partial charge in [0.2, 0.25) is 0 Å². The van der Waals surface area contributed by atoms with E-state index in [1.54, 1.807) is 6.07 Å². The third-order valence-corrected chi connectivity index (χ3v) is 6.15. The Morgan fingerprint density at radius 2 is 2.11 bits per heavy atom. The average Bonchev–Trinajstić information content (AvgIpc) is 2.94. The first-order chi connectivity index (χ1) is 8.56. The van der Waals surface area contributed by atoms with Crippen LogP contribution in [0.15, 0.2) is 6.07 Å². The second kappa shape index (κ2) is 6.12. The number of amides is 1. The number of alkyl halides is 1. The maximum atomic E-state index is 12.0. The monoisotopic (exact) mass is 369 g/mol. The molecule has 0 spiro atoms. The number of hydrogen-bond donors (Lipinski definition) is 1. The zero-order valence-electron chi connectivity index (χ0n) is 9.77. The van der Waals surface area contributed by atoms with Crippen molar-refractivity contribution >= 4 is 56.4 Å². The van der Waals surface area contributed by atoms with Crippen molar-refractivity contribution in [3.05, 3.63) is 20.3 Å². The molecule has 100 valence electrons. The van der Waals surface area contributed by atoms with Crippen molar-refractivity contribution in [3.63, 3.8) is 0 Å². The zero-order valence-corrected chi connectivity index (χ0v) is 13.7. The number of thiophene rings is 1. The molecule has 18 heavy (non-hydrogen) atoms. The molecule has 0 bridgehead atoms. The van der Waals surface area contributed by atoms with E-state index < -0.39 is 0 Å². The SMILES string of the molecule is O=C(NCC1(CBr)CCCC1)c1cc(Cl)sc1Cl. The predicted octanol–water partition coefficient (Wildman–Crippen LogP) is 4.74. The molecule has 1 aliphatic rings. The lowest BCUT2D eigenvalue weighted by molar-refractivity contribution is 0.0936. The molecule has 0 aromatic carbocycles. The number of hydrogen-bond acceptors (Lipinski definition) is 2. The minimum Gasteiger partial charge on any atom is -0.351 e. The molecule has 1 saturated carbocycles. The average molecular weight is 371 g/mol. The van der Waals surface area contributed by atoms with Crippen LogP contribution in [-0.4, -0.2) is 17.8 Å². The molecule has 0 radical (unpaired) electrons. The Morgan fingerprint density at radius 3 is 2.61 bits per heavy atom. The van der Waals surface area contributed by atoms with E-state index in [1.165, 1.54) is 24.2 Å². The fourth-order valence-electron chi connectivity index (χ4n) is 2.34. The first-order valence-corrected chi connectivity index (χ1v) is 8.55. The number of carbonyl (C=O) groups excluding carboxylic acids is 1. The normalized spacial score (nSPS) is 17.9. The molecule has 2 nitrogen and oxygen atoms in total. The van der Waals surface area contributed by atoms with Gasteiger partial charge in [0, 0.05) is 11.9 Å². The van der Waals surface area contributed by atoms with E-state index in [0.717, 1.165) is 18.2 Å². The van der Waals surface area contributed by atoms with Crippen LogP contribution in [-0.2, 0) is 0 Å². The highest BCUT2D eigenvalue weighted by molar-refractivity contribution is 9.09.